The number of methoxy groups -OCH3 is 1. The lowest BCUT2D eigenvalue weighted by molar-refractivity contribution is 0.415. The van der Waals surface area contributed by atoms with E-state index >= 15 is 0 Å². The van der Waals surface area contributed by atoms with Gasteiger partial charge in [-0.25, -0.2) is 4.98 Å². The zero-order valence-electron chi connectivity index (χ0n) is 10.5. The number of anilines is 1. The number of nitrogens with zero attached hydrogens (tertiary/aromatic N) is 1. The van der Waals surface area contributed by atoms with Gasteiger partial charge < -0.3 is 10.1 Å². The Morgan fingerprint density at radius 2 is 2.12 bits per heavy atom. The molecule has 0 unspecified atom stereocenters. The van der Waals surface area contributed by atoms with Crippen molar-refractivity contribution in [3.05, 3.63) is 18.2 Å². The van der Waals surface area contributed by atoms with Crippen LogP contribution in [0.1, 0.15) is 26.7 Å². The number of rotatable bonds is 5. The topological polar surface area (TPSA) is 34.2 Å². The van der Waals surface area contributed by atoms with Crippen LogP contribution in [-0.2, 0) is 0 Å². The first kappa shape index (κ1) is 12.2. The molecule has 2 aromatic rings. The summed E-state index contributed by atoms with van der Waals surface area (Å²) >= 11 is 1.68. The predicted octanol–water partition coefficient (Wildman–Crippen LogP) is 3.91. The van der Waals surface area contributed by atoms with Crippen molar-refractivity contribution in [2.24, 2.45) is 0 Å². The highest BCUT2D eigenvalue weighted by molar-refractivity contribution is 7.22. The zero-order chi connectivity index (χ0) is 12.3. The van der Waals surface area contributed by atoms with Crippen LogP contribution in [0, 0.1) is 0 Å². The number of benzene rings is 1. The van der Waals surface area contributed by atoms with E-state index in [-0.39, 0.29) is 0 Å². The van der Waals surface area contributed by atoms with Gasteiger partial charge in [0, 0.05) is 6.04 Å². The van der Waals surface area contributed by atoms with Crippen LogP contribution in [0.2, 0.25) is 0 Å². The lowest BCUT2D eigenvalue weighted by Crippen LogP contribution is -2.16. The van der Waals surface area contributed by atoms with Gasteiger partial charge in [-0.15, -0.1) is 0 Å². The smallest absolute Gasteiger partial charge is 0.184 e. The second kappa shape index (κ2) is 5.36. The van der Waals surface area contributed by atoms with Crippen LogP contribution in [-0.4, -0.2) is 18.1 Å². The molecule has 2 rings (SSSR count). The van der Waals surface area contributed by atoms with E-state index in [1.54, 1.807) is 18.4 Å². The normalized spacial score (nSPS) is 11.1. The summed E-state index contributed by atoms with van der Waals surface area (Å²) in [5.41, 5.74) is 1.03. The summed E-state index contributed by atoms with van der Waals surface area (Å²) in [5.74, 6) is 0.884. The first-order valence-corrected chi connectivity index (χ1v) is 6.79. The van der Waals surface area contributed by atoms with E-state index in [2.05, 4.69) is 24.1 Å². The minimum atomic E-state index is 0.512. The third-order valence-electron chi connectivity index (χ3n) is 2.91. The Labute approximate surface area is 106 Å². The lowest BCUT2D eigenvalue weighted by Gasteiger charge is -2.12. The number of fused-ring (bicyclic) bond motifs is 1. The molecule has 1 aromatic heterocycles. The molecule has 0 atom stereocenters. The number of thiazole rings is 1. The van der Waals surface area contributed by atoms with Crippen molar-refractivity contribution >= 4 is 26.7 Å². The Morgan fingerprint density at radius 1 is 1.35 bits per heavy atom. The highest BCUT2D eigenvalue weighted by atomic mass is 32.1. The molecule has 1 heterocycles. The van der Waals surface area contributed by atoms with Crippen LogP contribution >= 0.6 is 11.3 Å². The maximum atomic E-state index is 5.21. The molecule has 0 saturated heterocycles. The molecule has 0 saturated carbocycles. The van der Waals surface area contributed by atoms with Crippen molar-refractivity contribution in [3.63, 3.8) is 0 Å². The molecule has 92 valence electrons. The van der Waals surface area contributed by atoms with Gasteiger partial charge in [0.05, 0.1) is 17.3 Å². The summed E-state index contributed by atoms with van der Waals surface area (Å²) in [6, 6.07) is 6.49. The van der Waals surface area contributed by atoms with Gasteiger partial charge in [-0.2, -0.15) is 0 Å². The van der Waals surface area contributed by atoms with Gasteiger partial charge in [0.1, 0.15) is 5.75 Å². The summed E-state index contributed by atoms with van der Waals surface area (Å²) in [6.45, 7) is 4.38. The third-order valence-corrected chi connectivity index (χ3v) is 3.86. The number of hydrogen-bond acceptors (Lipinski definition) is 4. The minimum Gasteiger partial charge on any atom is -0.497 e. The predicted molar refractivity (Wildman–Crippen MR) is 74.2 cm³/mol. The monoisotopic (exact) mass is 250 g/mol. The first-order valence-electron chi connectivity index (χ1n) is 5.98. The standard InChI is InChI=1S/C13H18N2OS/c1-4-9(5-2)14-13-15-11-7-6-10(16-3)8-12(11)17-13/h6-9H,4-5H2,1-3H3,(H,14,15). The van der Waals surface area contributed by atoms with Gasteiger partial charge in [0.2, 0.25) is 0 Å². The highest BCUT2D eigenvalue weighted by Gasteiger charge is 2.08. The molecule has 1 aromatic carbocycles. The third kappa shape index (κ3) is 2.69. The second-order valence-corrected chi connectivity index (χ2v) is 5.04. The Kier molecular flexibility index (Phi) is 3.84. The van der Waals surface area contributed by atoms with Crippen LogP contribution in [0.5, 0.6) is 5.75 Å². The van der Waals surface area contributed by atoms with Crippen LogP contribution in [0.25, 0.3) is 10.2 Å². The summed E-state index contributed by atoms with van der Waals surface area (Å²) < 4.78 is 6.38. The molecule has 0 fully saturated rings. The summed E-state index contributed by atoms with van der Waals surface area (Å²) in [5, 5.41) is 4.47. The van der Waals surface area contributed by atoms with E-state index in [1.165, 1.54) is 0 Å². The van der Waals surface area contributed by atoms with Crippen LogP contribution < -0.4 is 10.1 Å². The Morgan fingerprint density at radius 3 is 2.76 bits per heavy atom. The molecule has 4 heteroatoms. The molecule has 0 aliphatic carbocycles. The van der Waals surface area contributed by atoms with Crippen molar-refractivity contribution in [1.29, 1.82) is 0 Å². The van der Waals surface area contributed by atoms with Gasteiger partial charge in [0.15, 0.2) is 5.13 Å². The Hall–Kier alpha value is -1.29. The van der Waals surface area contributed by atoms with Gasteiger partial charge in [-0.3, -0.25) is 0 Å². The number of ether oxygens (including phenoxy) is 1. The van der Waals surface area contributed by atoms with Crippen LogP contribution in [0.4, 0.5) is 5.13 Å². The molecular formula is C13H18N2OS. The zero-order valence-corrected chi connectivity index (χ0v) is 11.3. The maximum Gasteiger partial charge on any atom is 0.184 e. The fourth-order valence-corrected chi connectivity index (χ4v) is 2.73. The van der Waals surface area contributed by atoms with E-state index in [9.17, 15) is 0 Å². The van der Waals surface area contributed by atoms with Gasteiger partial charge >= 0.3 is 0 Å². The minimum absolute atomic E-state index is 0.512. The fourth-order valence-electron chi connectivity index (χ4n) is 1.76. The average Bonchev–Trinajstić information content (AvgIpc) is 2.76. The molecule has 17 heavy (non-hydrogen) atoms. The van der Waals surface area contributed by atoms with Crippen molar-refractivity contribution < 1.29 is 4.74 Å². The number of aromatic nitrogens is 1. The van der Waals surface area contributed by atoms with Gasteiger partial charge in [-0.05, 0) is 31.0 Å². The summed E-state index contributed by atoms with van der Waals surface area (Å²) in [7, 11) is 1.69. The van der Waals surface area contributed by atoms with Crippen LogP contribution in [0.15, 0.2) is 18.2 Å². The lowest BCUT2D eigenvalue weighted by atomic mass is 10.2. The SMILES string of the molecule is CCC(CC)Nc1nc2ccc(OC)cc2s1. The molecule has 0 amide bonds. The first-order chi connectivity index (χ1) is 8.26. The number of hydrogen-bond donors (Lipinski definition) is 1. The van der Waals surface area contributed by atoms with E-state index < -0.39 is 0 Å². The highest BCUT2D eigenvalue weighted by Crippen LogP contribution is 2.29. The average molecular weight is 250 g/mol. The van der Waals surface area contributed by atoms with E-state index in [4.69, 9.17) is 4.74 Å². The molecule has 0 bridgehead atoms. The molecule has 1 N–H and O–H groups in total. The Balaban J connectivity index is 2.25. The van der Waals surface area contributed by atoms with Gasteiger partial charge in [-0.1, -0.05) is 25.2 Å². The molecular weight excluding hydrogens is 232 g/mol. The van der Waals surface area contributed by atoms with Crippen molar-refractivity contribution in [2.45, 2.75) is 32.7 Å². The molecule has 0 aliphatic rings. The van der Waals surface area contributed by atoms with Crippen molar-refractivity contribution in [2.75, 3.05) is 12.4 Å². The largest absolute Gasteiger partial charge is 0.497 e. The summed E-state index contributed by atoms with van der Waals surface area (Å²) in [4.78, 5) is 4.58. The van der Waals surface area contributed by atoms with Crippen molar-refractivity contribution in [3.8, 4) is 5.75 Å². The molecule has 0 aliphatic heterocycles. The second-order valence-electron chi connectivity index (χ2n) is 4.01. The number of nitrogens with one attached hydrogen (secondary N) is 1. The fraction of sp³-hybridized carbons (Fsp3) is 0.462. The summed E-state index contributed by atoms with van der Waals surface area (Å²) in [6.07, 6.45) is 2.24. The van der Waals surface area contributed by atoms with Crippen LogP contribution in [0.3, 0.4) is 0 Å². The van der Waals surface area contributed by atoms with E-state index in [0.717, 1.165) is 33.9 Å². The van der Waals surface area contributed by atoms with Gasteiger partial charge in [0.25, 0.3) is 0 Å². The molecule has 0 radical (unpaired) electrons. The van der Waals surface area contributed by atoms with E-state index in [1.807, 2.05) is 18.2 Å². The quantitative estimate of drug-likeness (QED) is 0.873. The Bertz CT molecular complexity index is 491. The van der Waals surface area contributed by atoms with Crippen molar-refractivity contribution in [1.82, 2.24) is 4.98 Å². The molecule has 3 nitrogen and oxygen atoms in total. The molecule has 0 spiro atoms. The maximum absolute atomic E-state index is 5.21. The van der Waals surface area contributed by atoms with E-state index in [0.29, 0.717) is 6.04 Å².